The van der Waals surface area contributed by atoms with Crippen LogP contribution in [0.25, 0.3) is 21.5 Å². The zero-order valence-electron chi connectivity index (χ0n) is 12.5. The zero-order valence-corrected chi connectivity index (χ0v) is 12.5. The van der Waals surface area contributed by atoms with Gasteiger partial charge in [0.25, 0.3) is 0 Å². The molecule has 0 saturated carbocycles. The average Bonchev–Trinajstić information content (AvgIpc) is 2.61. The number of phenolic OH excluding ortho intramolecular Hbond substituents is 1. The summed E-state index contributed by atoms with van der Waals surface area (Å²) in [6.07, 6.45) is 1.82. The van der Waals surface area contributed by atoms with E-state index in [2.05, 4.69) is 23.2 Å². The van der Waals surface area contributed by atoms with Crippen molar-refractivity contribution in [3.8, 4) is 5.75 Å². The SMILES string of the molecule is Oc1ccc2ccccc2c1N=Cc1cccc2ccccc12. The summed E-state index contributed by atoms with van der Waals surface area (Å²) in [6.45, 7) is 0. The minimum Gasteiger partial charge on any atom is -0.506 e. The number of rotatable bonds is 2. The molecule has 0 aromatic heterocycles. The number of benzene rings is 4. The molecule has 4 aromatic rings. The van der Waals surface area contributed by atoms with Crippen molar-refractivity contribution in [3.05, 3.63) is 84.4 Å². The summed E-state index contributed by atoms with van der Waals surface area (Å²) in [5.74, 6) is 0.195. The largest absolute Gasteiger partial charge is 0.506 e. The fourth-order valence-electron chi connectivity index (χ4n) is 2.88. The third kappa shape index (κ3) is 2.44. The minimum atomic E-state index is 0.195. The van der Waals surface area contributed by atoms with Crippen LogP contribution in [0.2, 0.25) is 0 Å². The molecule has 0 bridgehead atoms. The lowest BCUT2D eigenvalue weighted by Gasteiger charge is -2.05. The molecule has 0 radical (unpaired) electrons. The van der Waals surface area contributed by atoms with Gasteiger partial charge in [0, 0.05) is 17.2 Å². The van der Waals surface area contributed by atoms with Gasteiger partial charge in [0.2, 0.25) is 0 Å². The van der Waals surface area contributed by atoms with Crippen molar-refractivity contribution in [1.29, 1.82) is 0 Å². The molecular weight excluding hydrogens is 282 g/mol. The van der Waals surface area contributed by atoms with E-state index in [0.29, 0.717) is 5.69 Å². The topological polar surface area (TPSA) is 32.6 Å². The first-order valence-corrected chi connectivity index (χ1v) is 7.55. The summed E-state index contributed by atoms with van der Waals surface area (Å²) in [4.78, 5) is 4.58. The van der Waals surface area contributed by atoms with E-state index in [4.69, 9.17) is 0 Å². The molecule has 23 heavy (non-hydrogen) atoms. The molecule has 4 aromatic carbocycles. The van der Waals surface area contributed by atoms with Crippen LogP contribution >= 0.6 is 0 Å². The Kier molecular flexibility index (Phi) is 3.28. The van der Waals surface area contributed by atoms with E-state index in [0.717, 1.165) is 21.7 Å². The van der Waals surface area contributed by atoms with Crippen LogP contribution in [0.3, 0.4) is 0 Å². The molecule has 0 aliphatic rings. The number of hydrogen-bond donors (Lipinski definition) is 1. The van der Waals surface area contributed by atoms with Crippen molar-refractivity contribution in [2.45, 2.75) is 0 Å². The van der Waals surface area contributed by atoms with Gasteiger partial charge in [0.05, 0.1) is 0 Å². The van der Waals surface area contributed by atoms with Gasteiger partial charge < -0.3 is 5.11 Å². The number of nitrogens with zero attached hydrogens (tertiary/aromatic N) is 1. The summed E-state index contributed by atoms with van der Waals surface area (Å²) in [7, 11) is 0. The van der Waals surface area contributed by atoms with Crippen LogP contribution in [0.4, 0.5) is 5.69 Å². The third-order valence-corrected chi connectivity index (χ3v) is 4.04. The average molecular weight is 297 g/mol. The fraction of sp³-hybridized carbons (Fsp3) is 0. The maximum Gasteiger partial charge on any atom is 0.141 e. The van der Waals surface area contributed by atoms with Gasteiger partial charge in [-0.15, -0.1) is 0 Å². The molecule has 0 saturated heterocycles. The molecule has 2 nitrogen and oxygen atoms in total. The second-order valence-corrected chi connectivity index (χ2v) is 5.48. The molecule has 0 aliphatic heterocycles. The molecule has 0 aliphatic carbocycles. The predicted molar refractivity (Wildman–Crippen MR) is 96.8 cm³/mol. The minimum absolute atomic E-state index is 0.195. The van der Waals surface area contributed by atoms with Crippen molar-refractivity contribution in [1.82, 2.24) is 0 Å². The Hall–Kier alpha value is -3.13. The van der Waals surface area contributed by atoms with Crippen LogP contribution in [0.15, 0.2) is 83.9 Å². The molecular formula is C21H15NO. The molecule has 0 amide bonds. The standard InChI is InChI=1S/C21H15NO/c23-20-13-12-16-7-2-4-11-19(16)21(20)22-14-17-9-5-8-15-6-1-3-10-18(15)17/h1-14,23H. The summed E-state index contributed by atoms with van der Waals surface area (Å²) in [6, 6.07) is 25.9. The van der Waals surface area contributed by atoms with Crippen molar-refractivity contribution in [3.63, 3.8) is 0 Å². The number of aromatic hydroxyl groups is 1. The monoisotopic (exact) mass is 297 g/mol. The highest BCUT2D eigenvalue weighted by molar-refractivity contribution is 6.03. The Morgan fingerprint density at radius 3 is 2.13 bits per heavy atom. The fourth-order valence-corrected chi connectivity index (χ4v) is 2.88. The second kappa shape index (κ2) is 5.58. The first-order valence-electron chi connectivity index (χ1n) is 7.55. The highest BCUT2D eigenvalue weighted by Gasteiger charge is 2.05. The van der Waals surface area contributed by atoms with E-state index in [-0.39, 0.29) is 5.75 Å². The van der Waals surface area contributed by atoms with E-state index in [1.54, 1.807) is 6.07 Å². The Bertz CT molecular complexity index is 1030. The van der Waals surface area contributed by atoms with E-state index in [9.17, 15) is 5.11 Å². The highest BCUT2D eigenvalue weighted by Crippen LogP contribution is 2.34. The molecule has 0 atom stereocenters. The van der Waals surface area contributed by atoms with Gasteiger partial charge in [-0.25, -0.2) is 0 Å². The summed E-state index contributed by atoms with van der Waals surface area (Å²) < 4.78 is 0. The van der Waals surface area contributed by atoms with E-state index in [1.807, 2.05) is 60.8 Å². The van der Waals surface area contributed by atoms with Gasteiger partial charge in [-0.2, -0.15) is 0 Å². The van der Waals surface area contributed by atoms with E-state index >= 15 is 0 Å². The number of aliphatic imine (C=N–C) groups is 1. The maximum atomic E-state index is 10.2. The highest BCUT2D eigenvalue weighted by atomic mass is 16.3. The molecule has 4 rings (SSSR count). The molecule has 0 unspecified atom stereocenters. The summed E-state index contributed by atoms with van der Waals surface area (Å²) >= 11 is 0. The smallest absolute Gasteiger partial charge is 0.141 e. The number of hydrogen-bond acceptors (Lipinski definition) is 2. The van der Waals surface area contributed by atoms with E-state index < -0.39 is 0 Å². The number of fused-ring (bicyclic) bond motifs is 2. The van der Waals surface area contributed by atoms with Gasteiger partial charge in [-0.1, -0.05) is 72.8 Å². The van der Waals surface area contributed by atoms with Gasteiger partial charge >= 0.3 is 0 Å². The van der Waals surface area contributed by atoms with Crippen molar-refractivity contribution in [2.75, 3.05) is 0 Å². The second-order valence-electron chi connectivity index (χ2n) is 5.48. The Balaban J connectivity index is 1.87. The normalized spacial score (nSPS) is 11.5. The van der Waals surface area contributed by atoms with Gasteiger partial charge in [-0.3, -0.25) is 4.99 Å². The van der Waals surface area contributed by atoms with Crippen LogP contribution in [-0.4, -0.2) is 11.3 Å². The van der Waals surface area contributed by atoms with Crippen LogP contribution in [0.5, 0.6) is 5.75 Å². The predicted octanol–water partition coefficient (Wildman–Crippen LogP) is 5.45. The summed E-state index contributed by atoms with van der Waals surface area (Å²) in [5, 5.41) is 14.5. The summed E-state index contributed by atoms with van der Waals surface area (Å²) in [5.41, 5.74) is 1.64. The zero-order chi connectivity index (χ0) is 15.6. The van der Waals surface area contributed by atoms with Crippen molar-refractivity contribution in [2.24, 2.45) is 4.99 Å². The lowest BCUT2D eigenvalue weighted by Crippen LogP contribution is -1.84. The van der Waals surface area contributed by atoms with Crippen LogP contribution in [0.1, 0.15) is 5.56 Å². The van der Waals surface area contributed by atoms with Crippen molar-refractivity contribution < 1.29 is 5.11 Å². The van der Waals surface area contributed by atoms with Gasteiger partial charge in [0.1, 0.15) is 11.4 Å². The first-order chi connectivity index (χ1) is 11.3. The molecule has 2 heteroatoms. The quantitative estimate of drug-likeness (QED) is 0.490. The Labute approximate surface area is 134 Å². The number of phenols is 1. The van der Waals surface area contributed by atoms with E-state index in [1.165, 1.54) is 5.39 Å². The van der Waals surface area contributed by atoms with Crippen molar-refractivity contribution >= 4 is 33.4 Å². The van der Waals surface area contributed by atoms with Crippen LogP contribution in [0, 0.1) is 0 Å². The Morgan fingerprint density at radius 1 is 0.652 bits per heavy atom. The van der Waals surface area contributed by atoms with Crippen LogP contribution < -0.4 is 0 Å². The molecule has 110 valence electrons. The Morgan fingerprint density at radius 2 is 1.30 bits per heavy atom. The third-order valence-electron chi connectivity index (χ3n) is 4.04. The molecule has 1 N–H and O–H groups in total. The van der Waals surface area contributed by atoms with Crippen LogP contribution in [-0.2, 0) is 0 Å². The maximum absolute atomic E-state index is 10.2. The first kappa shape index (κ1) is 13.5. The molecule has 0 spiro atoms. The van der Waals surface area contributed by atoms with Gasteiger partial charge in [0.15, 0.2) is 0 Å². The molecule has 0 fully saturated rings. The molecule has 0 heterocycles. The van der Waals surface area contributed by atoms with Gasteiger partial charge in [-0.05, 0) is 22.2 Å². The lowest BCUT2D eigenvalue weighted by atomic mass is 10.1. The lowest BCUT2D eigenvalue weighted by molar-refractivity contribution is 0.477.